The topological polar surface area (TPSA) is 59.0 Å². The molecule has 5 aliphatic rings. The molecule has 6 rings (SSSR count). The molecule has 1 N–H and O–H groups in total. The van der Waals surface area contributed by atoms with Crippen molar-refractivity contribution in [1.82, 2.24) is 4.90 Å². The SMILES string of the molecule is CC[C@H]1CC(=O)[C@@H]2Oc3c(O)ccc4c3[C@@]23CCN(CC2CCCO2)[C@H](C4)[C@H]13. The summed E-state index contributed by atoms with van der Waals surface area (Å²) in [7, 11) is 0. The summed E-state index contributed by atoms with van der Waals surface area (Å²) in [6.07, 6.45) is 5.85. The van der Waals surface area contributed by atoms with Gasteiger partial charge in [-0.05, 0) is 55.7 Å². The van der Waals surface area contributed by atoms with Crippen LogP contribution in [0.5, 0.6) is 11.5 Å². The van der Waals surface area contributed by atoms with Crippen molar-refractivity contribution >= 4 is 5.78 Å². The normalized spacial score (nSPS) is 41.0. The van der Waals surface area contributed by atoms with Gasteiger partial charge < -0.3 is 14.6 Å². The number of ketones is 1. The monoisotopic (exact) mass is 383 g/mol. The predicted octanol–water partition coefficient (Wildman–Crippen LogP) is 2.82. The number of hydrogen-bond donors (Lipinski definition) is 1. The number of Topliss-reactive ketones (excluding diaryl/α,β-unsaturated/α-hetero) is 1. The maximum atomic E-state index is 13.1. The smallest absolute Gasteiger partial charge is 0.174 e. The van der Waals surface area contributed by atoms with Crippen LogP contribution in [0.2, 0.25) is 0 Å². The van der Waals surface area contributed by atoms with E-state index in [9.17, 15) is 9.90 Å². The summed E-state index contributed by atoms with van der Waals surface area (Å²) in [5, 5.41) is 10.5. The quantitative estimate of drug-likeness (QED) is 0.870. The van der Waals surface area contributed by atoms with Crippen molar-refractivity contribution in [3.8, 4) is 11.5 Å². The third-order valence-electron chi connectivity index (χ3n) is 8.36. The van der Waals surface area contributed by atoms with Crippen molar-refractivity contribution in [2.75, 3.05) is 19.7 Å². The van der Waals surface area contributed by atoms with Crippen LogP contribution < -0.4 is 4.74 Å². The number of benzene rings is 1. The second-order valence-electron chi connectivity index (χ2n) is 9.50. The van der Waals surface area contributed by atoms with Crippen LogP contribution >= 0.6 is 0 Å². The molecular formula is C23H29NO4. The van der Waals surface area contributed by atoms with Crippen LogP contribution in [0.1, 0.15) is 50.2 Å². The molecule has 0 aromatic heterocycles. The largest absolute Gasteiger partial charge is 0.504 e. The maximum Gasteiger partial charge on any atom is 0.174 e. The summed E-state index contributed by atoms with van der Waals surface area (Å²) >= 11 is 0. The molecule has 1 aromatic carbocycles. The van der Waals surface area contributed by atoms with Gasteiger partial charge in [0.05, 0.1) is 6.10 Å². The van der Waals surface area contributed by atoms with Gasteiger partial charge in [0.2, 0.25) is 0 Å². The zero-order valence-corrected chi connectivity index (χ0v) is 16.5. The number of hydrogen-bond acceptors (Lipinski definition) is 5. The fraction of sp³-hybridized carbons (Fsp3) is 0.696. The molecule has 0 amide bonds. The molecule has 5 heteroatoms. The Morgan fingerprint density at radius 2 is 2.21 bits per heavy atom. The molecule has 6 atom stereocenters. The lowest BCUT2D eigenvalue weighted by atomic mass is 9.48. The number of ether oxygens (including phenoxy) is 2. The highest BCUT2D eigenvalue weighted by atomic mass is 16.5. The van der Waals surface area contributed by atoms with E-state index in [0.717, 1.165) is 45.4 Å². The van der Waals surface area contributed by atoms with Gasteiger partial charge in [0.1, 0.15) is 0 Å². The van der Waals surface area contributed by atoms with E-state index in [2.05, 4.69) is 17.9 Å². The summed E-state index contributed by atoms with van der Waals surface area (Å²) in [6.45, 7) is 5.11. The molecule has 3 heterocycles. The third-order valence-corrected chi connectivity index (χ3v) is 8.36. The van der Waals surface area contributed by atoms with Gasteiger partial charge in [-0.15, -0.1) is 0 Å². The Hall–Kier alpha value is -1.59. The van der Waals surface area contributed by atoms with Gasteiger partial charge in [-0.3, -0.25) is 9.69 Å². The van der Waals surface area contributed by atoms with Crippen LogP contribution in [0.4, 0.5) is 0 Å². The van der Waals surface area contributed by atoms with E-state index in [1.54, 1.807) is 6.07 Å². The molecular weight excluding hydrogens is 354 g/mol. The van der Waals surface area contributed by atoms with Gasteiger partial charge in [-0.1, -0.05) is 19.4 Å². The van der Waals surface area contributed by atoms with Crippen molar-refractivity contribution in [2.45, 2.75) is 69.1 Å². The van der Waals surface area contributed by atoms with Crippen LogP contribution in [-0.4, -0.2) is 53.7 Å². The minimum atomic E-state index is -0.407. The van der Waals surface area contributed by atoms with Crippen molar-refractivity contribution < 1.29 is 19.4 Å². The second-order valence-corrected chi connectivity index (χ2v) is 9.50. The first-order valence-electron chi connectivity index (χ1n) is 11.0. The Balaban J connectivity index is 1.48. The molecule has 5 nitrogen and oxygen atoms in total. The first-order chi connectivity index (χ1) is 13.6. The lowest BCUT2D eigenvalue weighted by Crippen LogP contribution is -2.68. The number of aromatic hydroxyl groups is 1. The first kappa shape index (κ1) is 17.3. The zero-order valence-electron chi connectivity index (χ0n) is 16.5. The van der Waals surface area contributed by atoms with Gasteiger partial charge in [-0.25, -0.2) is 0 Å². The van der Waals surface area contributed by atoms with E-state index in [1.165, 1.54) is 17.5 Å². The minimum Gasteiger partial charge on any atom is -0.504 e. The number of rotatable bonds is 3. The van der Waals surface area contributed by atoms with Crippen molar-refractivity contribution in [3.63, 3.8) is 0 Å². The second kappa shape index (κ2) is 5.96. The Labute approximate surface area is 166 Å². The van der Waals surface area contributed by atoms with Gasteiger partial charge in [-0.2, -0.15) is 0 Å². The average Bonchev–Trinajstić information content (AvgIpc) is 3.32. The Bertz CT molecular complexity index is 832. The van der Waals surface area contributed by atoms with E-state index >= 15 is 0 Å². The molecule has 150 valence electrons. The fourth-order valence-corrected chi connectivity index (χ4v) is 7.33. The fourth-order valence-electron chi connectivity index (χ4n) is 7.33. The molecule has 1 aromatic rings. The summed E-state index contributed by atoms with van der Waals surface area (Å²) in [6, 6.07) is 4.26. The minimum absolute atomic E-state index is 0.197. The van der Waals surface area contributed by atoms with Crippen LogP contribution in [0.25, 0.3) is 0 Å². The Morgan fingerprint density at radius 1 is 1.32 bits per heavy atom. The average molecular weight is 383 g/mol. The van der Waals surface area contributed by atoms with E-state index < -0.39 is 6.10 Å². The highest BCUT2D eigenvalue weighted by Gasteiger charge is 2.68. The van der Waals surface area contributed by atoms with Crippen LogP contribution in [0, 0.1) is 11.8 Å². The number of nitrogens with zero attached hydrogens (tertiary/aromatic N) is 1. The number of likely N-dealkylation sites (tertiary alicyclic amines) is 1. The number of carbonyl (C=O) groups excluding carboxylic acids is 1. The van der Waals surface area contributed by atoms with Crippen molar-refractivity contribution in [2.24, 2.45) is 11.8 Å². The molecule has 1 spiro atoms. The molecule has 2 bridgehead atoms. The number of phenolic OH excluding ortho intramolecular Hbond substituents is 1. The van der Waals surface area contributed by atoms with Crippen molar-refractivity contribution in [1.29, 1.82) is 0 Å². The van der Waals surface area contributed by atoms with Gasteiger partial charge in [0.25, 0.3) is 0 Å². The van der Waals surface area contributed by atoms with Gasteiger partial charge in [0, 0.05) is 36.6 Å². The summed E-state index contributed by atoms with van der Waals surface area (Å²) in [5.74, 6) is 1.85. The Kier molecular flexibility index (Phi) is 3.68. The number of carbonyl (C=O) groups is 1. The van der Waals surface area contributed by atoms with E-state index in [4.69, 9.17) is 9.47 Å². The first-order valence-corrected chi connectivity index (χ1v) is 11.0. The molecule has 2 saturated heterocycles. The summed E-state index contributed by atoms with van der Waals surface area (Å²) < 4.78 is 12.2. The summed E-state index contributed by atoms with van der Waals surface area (Å²) in [4.78, 5) is 15.8. The lowest BCUT2D eigenvalue weighted by molar-refractivity contribution is -0.146. The van der Waals surface area contributed by atoms with E-state index in [-0.39, 0.29) is 16.9 Å². The third kappa shape index (κ3) is 2.07. The molecule has 3 aliphatic heterocycles. The van der Waals surface area contributed by atoms with Crippen LogP contribution in [-0.2, 0) is 21.4 Å². The lowest BCUT2D eigenvalue weighted by Gasteiger charge is -2.60. The Morgan fingerprint density at radius 3 is 3.00 bits per heavy atom. The standard InChI is InChI=1S/C23H29NO4/c1-2-13-11-18(26)22-23-7-8-24(12-15-4-3-9-27-15)16(19(13)23)10-14-5-6-17(25)21(28-22)20(14)23/h5-6,13,15-16,19,22,25H,2-4,7-12H2,1H3/t13-,15?,16+,19-,22-,23-/m0/s1. The predicted molar refractivity (Wildman–Crippen MR) is 104 cm³/mol. The molecule has 28 heavy (non-hydrogen) atoms. The van der Waals surface area contributed by atoms with Crippen LogP contribution in [0.3, 0.4) is 0 Å². The van der Waals surface area contributed by atoms with E-state index in [1.807, 2.05) is 0 Å². The number of piperidine rings is 1. The summed E-state index contributed by atoms with van der Waals surface area (Å²) in [5.41, 5.74) is 2.20. The molecule has 1 unspecified atom stereocenters. The maximum absolute atomic E-state index is 13.1. The highest BCUT2D eigenvalue weighted by molar-refractivity contribution is 5.89. The molecule has 0 radical (unpaired) electrons. The van der Waals surface area contributed by atoms with Crippen molar-refractivity contribution in [3.05, 3.63) is 23.3 Å². The highest BCUT2D eigenvalue weighted by Crippen LogP contribution is 2.64. The van der Waals surface area contributed by atoms with Gasteiger partial charge >= 0.3 is 0 Å². The van der Waals surface area contributed by atoms with Crippen LogP contribution in [0.15, 0.2) is 12.1 Å². The molecule has 3 fully saturated rings. The van der Waals surface area contributed by atoms with Gasteiger partial charge in [0.15, 0.2) is 23.4 Å². The van der Waals surface area contributed by atoms with E-state index in [0.29, 0.717) is 36.2 Å². The zero-order chi connectivity index (χ0) is 19.0. The number of phenols is 1. The molecule has 2 aliphatic carbocycles. The molecule has 1 saturated carbocycles.